The molecule has 0 spiro atoms. The lowest BCUT2D eigenvalue weighted by molar-refractivity contribution is 0.235. The second kappa shape index (κ2) is 7.86. The summed E-state index contributed by atoms with van der Waals surface area (Å²) in [5, 5.41) is 6.09. The highest BCUT2D eigenvalue weighted by molar-refractivity contribution is 5.74. The van der Waals surface area contributed by atoms with Gasteiger partial charge < -0.3 is 15.4 Å². The summed E-state index contributed by atoms with van der Waals surface area (Å²) in [5.74, 6) is 1.37. The molecule has 1 unspecified atom stereocenters. The van der Waals surface area contributed by atoms with Gasteiger partial charge in [-0.25, -0.2) is 4.79 Å². The molecule has 4 heteroatoms. The standard InChI is InChI=1S/C20H24N2O2/c1-24-18-11-9-17(10-12-18)19(16-7-8-16)22-20(23)21-14-13-15-5-3-2-4-6-15/h2-6,9-12,16,19H,7-8,13-14H2,1H3,(H2,21,22,23). The summed E-state index contributed by atoms with van der Waals surface area (Å²) >= 11 is 0. The maximum absolute atomic E-state index is 12.2. The highest BCUT2D eigenvalue weighted by Crippen LogP contribution is 2.41. The van der Waals surface area contributed by atoms with Gasteiger partial charge >= 0.3 is 6.03 Å². The summed E-state index contributed by atoms with van der Waals surface area (Å²) in [7, 11) is 1.66. The molecule has 2 amide bonds. The van der Waals surface area contributed by atoms with Crippen LogP contribution in [0.4, 0.5) is 4.79 Å². The molecule has 0 aromatic heterocycles. The maximum Gasteiger partial charge on any atom is 0.315 e. The average Bonchev–Trinajstić information content (AvgIpc) is 3.46. The fourth-order valence-electron chi connectivity index (χ4n) is 2.87. The smallest absolute Gasteiger partial charge is 0.315 e. The van der Waals surface area contributed by atoms with Crippen molar-refractivity contribution in [1.29, 1.82) is 0 Å². The van der Waals surface area contributed by atoms with Crippen LogP contribution in [-0.2, 0) is 6.42 Å². The minimum atomic E-state index is -0.0985. The van der Waals surface area contributed by atoms with Crippen LogP contribution in [0.2, 0.25) is 0 Å². The Hall–Kier alpha value is -2.49. The van der Waals surface area contributed by atoms with Gasteiger partial charge in [-0.2, -0.15) is 0 Å². The van der Waals surface area contributed by atoms with Crippen LogP contribution in [0.15, 0.2) is 54.6 Å². The topological polar surface area (TPSA) is 50.4 Å². The van der Waals surface area contributed by atoms with Gasteiger partial charge in [0.05, 0.1) is 13.2 Å². The molecule has 0 bridgehead atoms. The van der Waals surface area contributed by atoms with Gasteiger partial charge in [-0.15, -0.1) is 0 Å². The van der Waals surface area contributed by atoms with Crippen molar-refractivity contribution in [2.45, 2.75) is 25.3 Å². The molecule has 0 radical (unpaired) electrons. The van der Waals surface area contributed by atoms with Crippen molar-refractivity contribution < 1.29 is 9.53 Å². The van der Waals surface area contributed by atoms with E-state index in [2.05, 4.69) is 22.8 Å². The minimum absolute atomic E-state index is 0.0765. The van der Waals surface area contributed by atoms with Crippen molar-refractivity contribution in [3.8, 4) is 5.75 Å². The largest absolute Gasteiger partial charge is 0.497 e. The van der Waals surface area contributed by atoms with E-state index < -0.39 is 0 Å². The number of hydrogen-bond donors (Lipinski definition) is 2. The third-order valence-corrected chi connectivity index (χ3v) is 4.40. The second-order valence-electron chi connectivity index (χ2n) is 6.22. The number of benzene rings is 2. The molecule has 1 atom stereocenters. The molecule has 0 saturated heterocycles. The fraction of sp³-hybridized carbons (Fsp3) is 0.350. The molecular weight excluding hydrogens is 300 g/mol. The van der Waals surface area contributed by atoms with Crippen molar-refractivity contribution in [3.05, 3.63) is 65.7 Å². The Kier molecular flexibility index (Phi) is 5.36. The monoisotopic (exact) mass is 324 g/mol. The summed E-state index contributed by atoms with van der Waals surface area (Å²) in [6, 6.07) is 18.1. The highest BCUT2D eigenvalue weighted by Gasteiger charge is 2.33. The van der Waals surface area contributed by atoms with Crippen LogP contribution in [0.3, 0.4) is 0 Å². The van der Waals surface area contributed by atoms with Gasteiger partial charge in [-0.05, 0) is 48.4 Å². The molecule has 4 nitrogen and oxygen atoms in total. The van der Waals surface area contributed by atoms with E-state index in [1.807, 2.05) is 42.5 Å². The molecule has 0 aliphatic heterocycles. The summed E-state index contributed by atoms with van der Waals surface area (Å²) in [5.41, 5.74) is 2.36. The lowest BCUT2D eigenvalue weighted by atomic mass is 10.0. The first kappa shape index (κ1) is 16.4. The summed E-state index contributed by atoms with van der Waals surface area (Å²) in [6.07, 6.45) is 3.17. The zero-order chi connectivity index (χ0) is 16.8. The van der Waals surface area contributed by atoms with Crippen LogP contribution in [0, 0.1) is 5.92 Å². The number of rotatable bonds is 7. The van der Waals surface area contributed by atoms with Crippen LogP contribution in [0.1, 0.15) is 30.0 Å². The molecule has 0 heterocycles. The first-order valence-corrected chi connectivity index (χ1v) is 8.48. The molecule has 2 N–H and O–H groups in total. The molecule has 24 heavy (non-hydrogen) atoms. The van der Waals surface area contributed by atoms with Gasteiger partial charge in [0.1, 0.15) is 5.75 Å². The van der Waals surface area contributed by atoms with Gasteiger partial charge in [-0.1, -0.05) is 42.5 Å². The molecule has 1 aliphatic rings. The molecule has 126 valence electrons. The summed E-state index contributed by atoms with van der Waals surface area (Å²) in [4.78, 5) is 12.2. The Balaban J connectivity index is 1.52. The molecule has 2 aromatic carbocycles. The van der Waals surface area contributed by atoms with Crippen molar-refractivity contribution >= 4 is 6.03 Å². The predicted octanol–water partition coefficient (Wildman–Crippen LogP) is 3.69. The Morgan fingerprint density at radius 2 is 1.83 bits per heavy atom. The second-order valence-corrected chi connectivity index (χ2v) is 6.22. The predicted molar refractivity (Wildman–Crippen MR) is 95.1 cm³/mol. The number of urea groups is 1. The van der Waals surface area contributed by atoms with E-state index >= 15 is 0 Å². The van der Waals surface area contributed by atoms with Crippen molar-refractivity contribution in [3.63, 3.8) is 0 Å². The minimum Gasteiger partial charge on any atom is -0.497 e. The van der Waals surface area contributed by atoms with Crippen molar-refractivity contribution in [2.24, 2.45) is 5.92 Å². The normalized spacial score (nSPS) is 14.7. The van der Waals surface area contributed by atoms with Crippen LogP contribution in [0.25, 0.3) is 0 Å². The average molecular weight is 324 g/mol. The fourth-order valence-corrected chi connectivity index (χ4v) is 2.87. The van der Waals surface area contributed by atoms with Crippen molar-refractivity contribution in [1.82, 2.24) is 10.6 Å². The first-order chi connectivity index (χ1) is 11.8. The highest BCUT2D eigenvalue weighted by atomic mass is 16.5. The first-order valence-electron chi connectivity index (χ1n) is 8.48. The molecule has 3 rings (SSSR count). The zero-order valence-electron chi connectivity index (χ0n) is 14.0. The zero-order valence-corrected chi connectivity index (χ0v) is 14.0. The summed E-state index contributed by atoms with van der Waals surface area (Å²) in [6.45, 7) is 0.635. The lowest BCUT2D eigenvalue weighted by Gasteiger charge is -2.19. The molecule has 1 fully saturated rings. The van der Waals surface area contributed by atoms with E-state index in [1.54, 1.807) is 7.11 Å². The lowest BCUT2D eigenvalue weighted by Crippen LogP contribution is -2.39. The van der Waals surface area contributed by atoms with Gasteiger partial charge in [0, 0.05) is 6.54 Å². The van der Waals surface area contributed by atoms with Gasteiger partial charge in [0.25, 0.3) is 0 Å². The van der Waals surface area contributed by atoms with E-state index in [1.165, 1.54) is 18.4 Å². The van der Waals surface area contributed by atoms with Crippen LogP contribution in [-0.4, -0.2) is 19.7 Å². The van der Waals surface area contributed by atoms with E-state index in [-0.39, 0.29) is 12.1 Å². The van der Waals surface area contributed by atoms with Crippen LogP contribution in [0.5, 0.6) is 5.75 Å². The quantitative estimate of drug-likeness (QED) is 0.816. The SMILES string of the molecule is COc1ccc(C(NC(=O)NCCc2ccccc2)C2CC2)cc1. The van der Waals surface area contributed by atoms with Crippen LogP contribution >= 0.6 is 0 Å². The van der Waals surface area contributed by atoms with E-state index in [4.69, 9.17) is 4.74 Å². The van der Waals surface area contributed by atoms with Crippen LogP contribution < -0.4 is 15.4 Å². The van der Waals surface area contributed by atoms with E-state index in [0.717, 1.165) is 17.7 Å². The van der Waals surface area contributed by atoms with E-state index in [9.17, 15) is 4.79 Å². The third-order valence-electron chi connectivity index (χ3n) is 4.40. The Morgan fingerprint density at radius 3 is 2.46 bits per heavy atom. The summed E-state index contributed by atoms with van der Waals surface area (Å²) < 4.78 is 5.20. The number of hydrogen-bond acceptors (Lipinski definition) is 2. The molecule has 2 aromatic rings. The van der Waals surface area contributed by atoms with Gasteiger partial charge in [0.2, 0.25) is 0 Å². The number of amides is 2. The third kappa shape index (κ3) is 4.51. The van der Waals surface area contributed by atoms with Crippen molar-refractivity contribution in [2.75, 3.05) is 13.7 Å². The Bertz CT molecular complexity index is 651. The van der Waals surface area contributed by atoms with Gasteiger partial charge in [0.15, 0.2) is 0 Å². The molecular formula is C20H24N2O2. The molecule has 1 saturated carbocycles. The van der Waals surface area contributed by atoms with Gasteiger partial charge in [-0.3, -0.25) is 0 Å². The number of ether oxygens (including phenoxy) is 1. The van der Waals surface area contributed by atoms with E-state index in [0.29, 0.717) is 12.5 Å². The number of carbonyl (C=O) groups is 1. The number of methoxy groups -OCH3 is 1. The maximum atomic E-state index is 12.2. The Morgan fingerprint density at radius 1 is 1.12 bits per heavy atom. The number of carbonyl (C=O) groups excluding carboxylic acids is 1. The number of nitrogens with one attached hydrogen (secondary N) is 2. The Labute approximate surface area is 143 Å². The molecule has 1 aliphatic carbocycles.